The summed E-state index contributed by atoms with van der Waals surface area (Å²) in [5.41, 5.74) is 2.78. The maximum atomic E-state index is 14.5. The molecule has 0 radical (unpaired) electrons. The van der Waals surface area contributed by atoms with Crippen molar-refractivity contribution >= 4 is 11.6 Å². The summed E-state index contributed by atoms with van der Waals surface area (Å²) in [5.74, 6) is -0.292. The zero-order valence-corrected chi connectivity index (χ0v) is 15.7. The Morgan fingerprint density at radius 3 is 2.75 bits per heavy atom. The first kappa shape index (κ1) is 17.8. The molecule has 0 fully saturated rings. The Morgan fingerprint density at radius 1 is 1.25 bits per heavy atom. The first-order chi connectivity index (χ1) is 13.5. The summed E-state index contributed by atoms with van der Waals surface area (Å²) in [5, 5.41) is 7.15. The summed E-state index contributed by atoms with van der Waals surface area (Å²) in [6.07, 6.45) is 4.83. The molecule has 1 amide bonds. The van der Waals surface area contributed by atoms with E-state index in [0.29, 0.717) is 22.6 Å². The van der Waals surface area contributed by atoms with Crippen LogP contribution in [0.15, 0.2) is 48.9 Å². The standard InChI is InChI=1S/C20H19FN6O/c1-12-10-13(2)27-18(24-12)15(11-23-27)20(28)25-17(19-22-8-9-26(19)3)14-6-4-5-7-16(14)21/h4-11,17H,1-3H3,(H,25,28). The van der Waals surface area contributed by atoms with E-state index in [1.54, 1.807) is 46.7 Å². The van der Waals surface area contributed by atoms with Gasteiger partial charge >= 0.3 is 0 Å². The predicted octanol–water partition coefficient (Wildman–Crippen LogP) is 2.74. The minimum absolute atomic E-state index is 0.322. The van der Waals surface area contributed by atoms with Gasteiger partial charge in [-0.1, -0.05) is 18.2 Å². The maximum Gasteiger partial charge on any atom is 0.257 e. The van der Waals surface area contributed by atoms with Crippen LogP contribution >= 0.6 is 0 Å². The van der Waals surface area contributed by atoms with Crippen molar-refractivity contribution < 1.29 is 9.18 Å². The smallest absolute Gasteiger partial charge is 0.257 e. The van der Waals surface area contributed by atoms with Crippen molar-refractivity contribution in [2.45, 2.75) is 19.9 Å². The quantitative estimate of drug-likeness (QED) is 0.592. The molecule has 0 spiro atoms. The van der Waals surface area contributed by atoms with Crippen LogP contribution in [0.3, 0.4) is 0 Å². The number of aromatic nitrogens is 5. The third-order valence-corrected chi connectivity index (χ3v) is 4.63. The fourth-order valence-electron chi connectivity index (χ4n) is 3.29. The zero-order valence-electron chi connectivity index (χ0n) is 15.7. The topological polar surface area (TPSA) is 77.1 Å². The number of carbonyl (C=O) groups is 1. The molecule has 0 aliphatic heterocycles. The third-order valence-electron chi connectivity index (χ3n) is 4.63. The lowest BCUT2D eigenvalue weighted by Gasteiger charge is -2.19. The van der Waals surface area contributed by atoms with Crippen LogP contribution in [-0.4, -0.2) is 30.1 Å². The van der Waals surface area contributed by atoms with Crippen LogP contribution in [0.25, 0.3) is 5.65 Å². The Kier molecular flexibility index (Phi) is 4.38. The van der Waals surface area contributed by atoms with E-state index in [1.165, 1.54) is 12.3 Å². The number of aryl methyl sites for hydroxylation is 3. The van der Waals surface area contributed by atoms with Crippen LogP contribution in [-0.2, 0) is 7.05 Å². The molecule has 1 aromatic carbocycles. The molecule has 0 saturated heterocycles. The molecule has 0 aliphatic rings. The SMILES string of the molecule is Cc1cc(C)n2ncc(C(=O)NC(c3ccccc3F)c3nccn3C)c2n1. The number of halogens is 1. The number of amides is 1. The third kappa shape index (κ3) is 3.02. The highest BCUT2D eigenvalue weighted by molar-refractivity contribution is 6.00. The molecule has 4 aromatic rings. The molecule has 3 aromatic heterocycles. The number of imidazole rings is 1. The van der Waals surface area contributed by atoms with Gasteiger partial charge < -0.3 is 9.88 Å². The van der Waals surface area contributed by atoms with Crippen molar-refractivity contribution in [1.29, 1.82) is 0 Å². The number of benzene rings is 1. The first-order valence-electron chi connectivity index (χ1n) is 8.80. The second-order valence-electron chi connectivity index (χ2n) is 6.66. The number of hydrogen-bond donors (Lipinski definition) is 1. The van der Waals surface area contributed by atoms with E-state index in [-0.39, 0.29) is 0 Å². The van der Waals surface area contributed by atoms with E-state index in [9.17, 15) is 9.18 Å². The van der Waals surface area contributed by atoms with E-state index in [1.807, 2.05) is 19.9 Å². The molecule has 0 aliphatic carbocycles. The lowest BCUT2D eigenvalue weighted by molar-refractivity contribution is 0.0942. The monoisotopic (exact) mass is 378 g/mol. The van der Waals surface area contributed by atoms with Crippen molar-refractivity contribution in [3.8, 4) is 0 Å². The molecule has 142 valence electrons. The normalized spacial score (nSPS) is 12.3. The maximum absolute atomic E-state index is 14.5. The van der Waals surface area contributed by atoms with E-state index in [2.05, 4.69) is 20.4 Å². The van der Waals surface area contributed by atoms with Gasteiger partial charge in [-0.2, -0.15) is 5.10 Å². The van der Waals surface area contributed by atoms with Gasteiger partial charge in [-0.3, -0.25) is 4.79 Å². The molecular weight excluding hydrogens is 359 g/mol. The Balaban J connectivity index is 1.77. The summed E-state index contributed by atoms with van der Waals surface area (Å²) < 4.78 is 17.9. The first-order valence-corrected chi connectivity index (χ1v) is 8.80. The van der Waals surface area contributed by atoms with Crippen LogP contribution in [0, 0.1) is 19.7 Å². The van der Waals surface area contributed by atoms with E-state index in [0.717, 1.165) is 11.4 Å². The molecule has 1 unspecified atom stereocenters. The minimum atomic E-state index is -0.755. The van der Waals surface area contributed by atoms with Gasteiger partial charge in [0.05, 0.1) is 6.20 Å². The van der Waals surface area contributed by atoms with Gasteiger partial charge in [-0.25, -0.2) is 18.9 Å². The largest absolute Gasteiger partial charge is 0.338 e. The lowest BCUT2D eigenvalue weighted by Crippen LogP contribution is -2.31. The Morgan fingerprint density at radius 2 is 2.04 bits per heavy atom. The number of hydrogen-bond acceptors (Lipinski definition) is 4. The van der Waals surface area contributed by atoms with Gasteiger partial charge in [-0.05, 0) is 26.0 Å². The average Bonchev–Trinajstić information content (AvgIpc) is 3.26. The number of nitrogens with zero attached hydrogens (tertiary/aromatic N) is 5. The number of nitrogens with one attached hydrogen (secondary N) is 1. The predicted molar refractivity (Wildman–Crippen MR) is 101 cm³/mol. The van der Waals surface area contributed by atoms with Crippen molar-refractivity contribution in [3.63, 3.8) is 0 Å². The van der Waals surface area contributed by atoms with Gasteiger partial charge in [0.15, 0.2) is 5.65 Å². The second kappa shape index (κ2) is 6.88. The molecule has 7 nitrogen and oxygen atoms in total. The molecular formula is C20H19FN6O. The molecule has 4 rings (SSSR count). The number of rotatable bonds is 4. The summed E-state index contributed by atoms with van der Waals surface area (Å²) in [7, 11) is 1.80. The fourth-order valence-corrected chi connectivity index (χ4v) is 3.29. The fraction of sp³-hybridized carbons (Fsp3) is 0.200. The van der Waals surface area contributed by atoms with Crippen molar-refractivity contribution in [2.24, 2.45) is 7.05 Å². The van der Waals surface area contributed by atoms with Crippen LogP contribution in [0.4, 0.5) is 4.39 Å². The minimum Gasteiger partial charge on any atom is -0.338 e. The Labute approximate surface area is 160 Å². The van der Waals surface area contributed by atoms with E-state index >= 15 is 0 Å². The summed E-state index contributed by atoms with van der Waals surface area (Å²) >= 11 is 0. The highest BCUT2D eigenvalue weighted by Gasteiger charge is 2.26. The van der Waals surface area contributed by atoms with Crippen molar-refractivity contribution in [3.05, 3.63) is 83.1 Å². The Bertz CT molecular complexity index is 1180. The van der Waals surface area contributed by atoms with Crippen molar-refractivity contribution in [2.75, 3.05) is 0 Å². The lowest BCUT2D eigenvalue weighted by atomic mass is 10.0. The molecule has 8 heteroatoms. The van der Waals surface area contributed by atoms with Gasteiger partial charge in [0.25, 0.3) is 5.91 Å². The van der Waals surface area contributed by atoms with Gasteiger partial charge in [-0.15, -0.1) is 0 Å². The summed E-state index contributed by atoms with van der Waals surface area (Å²) in [6, 6.07) is 7.46. The average molecular weight is 378 g/mol. The number of fused-ring (bicyclic) bond motifs is 1. The van der Waals surface area contributed by atoms with E-state index < -0.39 is 17.8 Å². The van der Waals surface area contributed by atoms with E-state index in [4.69, 9.17) is 0 Å². The molecule has 3 heterocycles. The molecule has 0 bridgehead atoms. The van der Waals surface area contributed by atoms with Crippen LogP contribution in [0.1, 0.15) is 39.2 Å². The van der Waals surface area contributed by atoms with Gasteiger partial charge in [0.2, 0.25) is 0 Å². The summed E-state index contributed by atoms with van der Waals surface area (Å²) in [6.45, 7) is 3.75. The summed E-state index contributed by atoms with van der Waals surface area (Å²) in [4.78, 5) is 21.8. The van der Waals surface area contributed by atoms with Gasteiger partial charge in [0, 0.05) is 36.4 Å². The Hall–Kier alpha value is -3.55. The zero-order chi connectivity index (χ0) is 19.8. The molecule has 28 heavy (non-hydrogen) atoms. The molecule has 1 N–H and O–H groups in total. The highest BCUT2D eigenvalue weighted by atomic mass is 19.1. The second-order valence-corrected chi connectivity index (χ2v) is 6.66. The van der Waals surface area contributed by atoms with Gasteiger partial charge in [0.1, 0.15) is 23.2 Å². The molecule has 1 atom stereocenters. The highest BCUT2D eigenvalue weighted by Crippen LogP contribution is 2.24. The van der Waals surface area contributed by atoms with Crippen LogP contribution in [0.5, 0.6) is 0 Å². The van der Waals surface area contributed by atoms with Crippen LogP contribution < -0.4 is 5.32 Å². The molecule has 0 saturated carbocycles. The van der Waals surface area contributed by atoms with Crippen LogP contribution in [0.2, 0.25) is 0 Å². The number of carbonyl (C=O) groups excluding carboxylic acids is 1. The van der Waals surface area contributed by atoms with Crippen molar-refractivity contribution in [1.82, 2.24) is 29.5 Å².